The van der Waals surface area contributed by atoms with Gasteiger partial charge in [-0.1, -0.05) is 147 Å². The second-order valence-electron chi connectivity index (χ2n) is 8.18. The maximum Gasteiger partial charge on any atom is -0.0316 e. The van der Waals surface area contributed by atoms with E-state index in [-0.39, 0.29) is 0 Å². The monoisotopic (exact) mass is 362 g/mol. The molecule has 26 heavy (non-hydrogen) atoms. The Morgan fingerprint density at radius 2 is 0.654 bits per heavy atom. The van der Waals surface area contributed by atoms with Crippen LogP contribution in [0.3, 0.4) is 0 Å². The number of hydrogen-bond acceptors (Lipinski definition) is 0. The summed E-state index contributed by atoms with van der Waals surface area (Å²) in [7, 11) is 0. The summed E-state index contributed by atoms with van der Waals surface area (Å²) in [6, 6.07) is 0. The van der Waals surface area contributed by atoms with Gasteiger partial charge in [-0.15, -0.1) is 0 Å². The van der Waals surface area contributed by atoms with Gasteiger partial charge < -0.3 is 0 Å². The van der Waals surface area contributed by atoms with Gasteiger partial charge in [-0.05, 0) is 19.8 Å². The van der Waals surface area contributed by atoms with Crippen LogP contribution in [0.2, 0.25) is 0 Å². The Morgan fingerprint density at radius 3 is 0.923 bits per heavy atom. The molecule has 0 aliphatic heterocycles. The van der Waals surface area contributed by atoms with Gasteiger partial charge in [0.25, 0.3) is 0 Å². The lowest BCUT2D eigenvalue weighted by Crippen LogP contribution is -1.84. The third-order valence-electron chi connectivity index (χ3n) is 5.54. The number of hydrogen-bond donors (Lipinski definition) is 0. The van der Waals surface area contributed by atoms with Crippen LogP contribution in [0.4, 0.5) is 0 Å². The molecule has 0 aromatic heterocycles. The van der Waals surface area contributed by atoms with Crippen molar-refractivity contribution in [3.05, 3.63) is 26.0 Å². The Morgan fingerprint density at radius 1 is 0.385 bits per heavy atom. The summed E-state index contributed by atoms with van der Waals surface area (Å²) in [6.07, 6.45) is 35.4. The Labute approximate surface area is 167 Å². The zero-order chi connectivity index (χ0) is 19.0. The molecule has 0 aliphatic rings. The summed E-state index contributed by atoms with van der Waals surface area (Å²) in [5.74, 6) is 0. The topological polar surface area (TPSA) is 0 Å². The Bertz CT molecular complexity index is 253. The minimum atomic E-state index is 1.12. The molecular formula is C26H50. The van der Waals surface area contributed by atoms with Crippen molar-refractivity contribution in [2.45, 2.75) is 141 Å². The van der Waals surface area contributed by atoms with E-state index in [1.807, 2.05) is 6.08 Å². The van der Waals surface area contributed by atoms with Gasteiger partial charge in [0.05, 0.1) is 0 Å². The van der Waals surface area contributed by atoms with E-state index in [0.29, 0.717) is 0 Å². The maximum atomic E-state index is 3.91. The van der Waals surface area contributed by atoms with Crippen LogP contribution in [0.5, 0.6) is 0 Å². The van der Waals surface area contributed by atoms with Gasteiger partial charge in [-0.2, -0.15) is 0 Å². The molecule has 0 aromatic carbocycles. The number of rotatable bonds is 22. The SMILES string of the molecule is [CH2]/C=C/CCCCCCCCCCCCCCCCCCCCCC[CH2]. The van der Waals surface area contributed by atoms with Gasteiger partial charge in [-0.3, -0.25) is 0 Å². The predicted molar refractivity (Wildman–Crippen MR) is 121 cm³/mol. The minimum Gasteiger partial charge on any atom is -0.0885 e. The third kappa shape index (κ3) is 23.7. The largest absolute Gasteiger partial charge is 0.0885 e. The van der Waals surface area contributed by atoms with E-state index in [4.69, 9.17) is 0 Å². The first-order chi connectivity index (χ1) is 12.9. The summed E-state index contributed by atoms with van der Waals surface area (Å²) < 4.78 is 0. The highest BCUT2D eigenvalue weighted by Gasteiger charge is 1.95. The van der Waals surface area contributed by atoms with Gasteiger partial charge in [0.1, 0.15) is 0 Å². The second kappa shape index (κ2) is 24.7. The van der Waals surface area contributed by atoms with Gasteiger partial charge in [0.15, 0.2) is 0 Å². The average Bonchev–Trinajstić information content (AvgIpc) is 2.66. The molecule has 0 N–H and O–H groups in total. The molecule has 0 spiro atoms. The van der Waals surface area contributed by atoms with Crippen molar-refractivity contribution in [1.29, 1.82) is 0 Å². The molecule has 0 rings (SSSR count). The van der Waals surface area contributed by atoms with Gasteiger partial charge in [0.2, 0.25) is 0 Å². The van der Waals surface area contributed by atoms with E-state index in [1.54, 1.807) is 0 Å². The second-order valence-corrected chi connectivity index (χ2v) is 8.18. The Kier molecular flexibility index (Phi) is 24.5. The van der Waals surface area contributed by atoms with Crippen molar-refractivity contribution >= 4 is 0 Å². The Hall–Kier alpha value is -0.260. The predicted octanol–water partition coefficient (Wildman–Crippen LogP) is 9.79. The van der Waals surface area contributed by atoms with Crippen LogP contribution in [-0.4, -0.2) is 0 Å². The van der Waals surface area contributed by atoms with Gasteiger partial charge >= 0.3 is 0 Å². The van der Waals surface area contributed by atoms with E-state index in [2.05, 4.69) is 19.9 Å². The number of unbranched alkanes of at least 4 members (excludes halogenated alkanes) is 21. The van der Waals surface area contributed by atoms with E-state index in [1.165, 1.54) is 135 Å². The molecule has 0 heteroatoms. The van der Waals surface area contributed by atoms with Crippen LogP contribution in [0.1, 0.15) is 141 Å². The first-order valence-electron chi connectivity index (χ1n) is 12.1. The highest BCUT2D eigenvalue weighted by Crippen LogP contribution is 2.15. The molecule has 0 bridgehead atoms. The summed E-state index contributed by atoms with van der Waals surface area (Å²) >= 11 is 0. The lowest BCUT2D eigenvalue weighted by atomic mass is 10.0. The van der Waals surface area contributed by atoms with E-state index < -0.39 is 0 Å². The summed E-state index contributed by atoms with van der Waals surface area (Å²) in [5, 5.41) is 0. The van der Waals surface area contributed by atoms with Crippen LogP contribution in [0.25, 0.3) is 0 Å². The smallest absolute Gasteiger partial charge is 0.0316 e. The lowest BCUT2D eigenvalue weighted by molar-refractivity contribution is 0.521. The van der Waals surface area contributed by atoms with E-state index in [0.717, 1.165) is 6.42 Å². The van der Waals surface area contributed by atoms with Crippen molar-refractivity contribution in [2.75, 3.05) is 0 Å². The molecule has 154 valence electrons. The summed E-state index contributed by atoms with van der Waals surface area (Å²) in [5.41, 5.74) is 0. The quantitative estimate of drug-likeness (QED) is 0.168. The zero-order valence-electron chi connectivity index (χ0n) is 18.1. The molecule has 0 atom stereocenters. The molecule has 0 unspecified atom stereocenters. The van der Waals surface area contributed by atoms with Crippen LogP contribution in [0.15, 0.2) is 12.2 Å². The maximum absolute atomic E-state index is 3.91. The molecule has 0 fully saturated rings. The standard InChI is InChI=1S/C26H50/c1-3-5-7-9-11-13-15-17-19-21-23-25-26-24-22-20-18-16-14-12-10-8-6-4-2/h3,5H,1-2,4,6-26H2/b5-3+. The highest BCUT2D eigenvalue weighted by atomic mass is 14.0. The van der Waals surface area contributed by atoms with Crippen LogP contribution in [0, 0.1) is 13.8 Å². The summed E-state index contributed by atoms with van der Waals surface area (Å²) in [6.45, 7) is 7.63. The molecule has 0 nitrogen and oxygen atoms in total. The van der Waals surface area contributed by atoms with Crippen LogP contribution in [-0.2, 0) is 0 Å². The zero-order valence-corrected chi connectivity index (χ0v) is 18.1. The van der Waals surface area contributed by atoms with E-state index >= 15 is 0 Å². The van der Waals surface area contributed by atoms with Gasteiger partial charge in [0, 0.05) is 0 Å². The Balaban J connectivity index is 2.97. The molecule has 0 aromatic rings. The molecule has 0 heterocycles. The molecule has 2 radical (unpaired) electrons. The fourth-order valence-corrected chi connectivity index (χ4v) is 3.74. The first kappa shape index (κ1) is 25.7. The van der Waals surface area contributed by atoms with Crippen molar-refractivity contribution in [3.63, 3.8) is 0 Å². The average molecular weight is 363 g/mol. The summed E-state index contributed by atoms with van der Waals surface area (Å²) in [4.78, 5) is 0. The molecule has 0 saturated heterocycles. The molecular weight excluding hydrogens is 312 g/mol. The fourth-order valence-electron chi connectivity index (χ4n) is 3.74. The van der Waals surface area contributed by atoms with Crippen LogP contribution < -0.4 is 0 Å². The lowest BCUT2D eigenvalue weighted by Gasteiger charge is -2.04. The minimum absolute atomic E-state index is 1.12. The van der Waals surface area contributed by atoms with Crippen LogP contribution >= 0.6 is 0 Å². The molecule has 0 aliphatic carbocycles. The molecule has 0 amide bonds. The van der Waals surface area contributed by atoms with Crippen molar-refractivity contribution < 1.29 is 0 Å². The van der Waals surface area contributed by atoms with Gasteiger partial charge in [-0.25, -0.2) is 0 Å². The molecule has 0 saturated carbocycles. The van der Waals surface area contributed by atoms with Crippen molar-refractivity contribution in [2.24, 2.45) is 0 Å². The number of allylic oxidation sites excluding steroid dienone is 2. The van der Waals surface area contributed by atoms with E-state index in [9.17, 15) is 0 Å². The fraction of sp³-hybridized carbons (Fsp3) is 0.846. The van der Waals surface area contributed by atoms with Crippen molar-refractivity contribution in [3.8, 4) is 0 Å². The van der Waals surface area contributed by atoms with Crippen molar-refractivity contribution in [1.82, 2.24) is 0 Å². The normalized spacial score (nSPS) is 11.6. The first-order valence-corrected chi connectivity index (χ1v) is 12.1. The highest BCUT2D eigenvalue weighted by molar-refractivity contribution is 4.83. The third-order valence-corrected chi connectivity index (χ3v) is 5.54.